The molecule has 7 nitrogen and oxygen atoms in total. The van der Waals surface area contributed by atoms with Crippen molar-refractivity contribution in [2.45, 2.75) is 26.4 Å². The lowest BCUT2D eigenvalue weighted by Crippen LogP contribution is -2.37. The van der Waals surface area contributed by atoms with Gasteiger partial charge in [-0.2, -0.15) is 0 Å². The Labute approximate surface area is 185 Å². The van der Waals surface area contributed by atoms with Crippen LogP contribution in [0.25, 0.3) is 11.0 Å². The van der Waals surface area contributed by atoms with Gasteiger partial charge in [-0.15, -0.1) is 0 Å². The molecule has 1 heterocycles. The smallest absolute Gasteiger partial charge is 0.191 e. The third kappa shape index (κ3) is 6.46. The van der Waals surface area contributed by atoms with E-state index in [2.05, 4.69) is 61.3 Å². The van der Waals surface area contributed by atoms with Gasteiger partial charge in [0, 0.05) is 38.8 Å². The van der Waals surface area contributed by atoms with Crippen LogP contribution >= 0.6 is 0 Å². The molecule has 0 aliphatic carbocycles. The van der Waals surface area contributed by atoms with Gasteiger partial charge in [0.25, 0.3) is 0 Å². The second-order valence-electron chi connectivity index (χ2n) is 7.76. The van der Waals surface area contributed by atoms with E-state index in [1.165, 1.54) is 5.52 Å². The molecule has 3 rings (SSSR count). The van der Waals surface area contributed by atoms with Gasteiger partial charge < -0.3 is 24.8 Å². The lowest BCUT2D eigenvalue weighted by atomic mass is 10.2. The highest BCUT2D eigenvalue weighted by Crippen LogP contribution is 2.18. The average molecular weight is 423 g/mol. The van der Waals surface area contributed by atoms with Gasteiger partial charge in [0.15, 0.2) is 5.96 Å². The Morgan fingerprint density at radius 1 is 1.10 bits per heavy atom. The normalized spacial score (nSPS) is 11.8. The van der Waals surface area contributed by atoms with E-state index >= 15 is 0 Å². The van der Waals surface area contributed by atoms with E-state index in [4.69, 9.17) is 4.74 Å². The summed E-state index contributed by atoms with van der Waals surface area (Å²) >= 11 is 0. The van der Waals surface area contributed by atoms with Crippen molar-refractivity contribution in [3.8, 4) is 5.75 Å². The number of aryl methyl sites for hydroxylation is 2. The fourth-order valence-corrected chi connectivity index (χ4v) is 3.45. The molecule has 0 fully saturated rings. The van der Waals surface area contributed by atoms with Gasteiger partial charge in [-0.05, 0) is 45.6 Å². The minimum Gasteiger partial charge on any atom is -0.492 e. The second kappa shape index (κ2) is 11.4. The molecule has 0 amide bonds. The monoisotopic (exact) mass is 422 g/mol. The summed E-state index contributed by atoms with van der Waals surface area (Å²) in [6.07, 6.45) is 0.978. The summed E-state index contributed by atoms with van der Waals surface area (Å²) in [5.74, 6) is 2.75. The van der Waals surface area contributed by atoms with Crippen molar-refractivity contribution in [2.75, 3.05) is 40.8 Å². The molecule has 0 bridgehead atoms. The van der Waals surface area contributed by atoms with E-state index in [0.717, 1.165) is 54.7 Å². The summed E-state index contributed by atoms with van der Waals surface area (Å²) in [5.41, 5.74) is 3.36. The van der Waals surface area contributed by atoms with Crippen LogP contribution in [0.4, 0.5) is 0 Å². The van der Waals surface area contributed by atoms with Crippen LogP contribution in [0.2, 0.25) is 0 Å². The minimum absolute atomic E-state index is 0.656. The van der Waals surface area contributed by atoms with E-state index in [1.54, 1.807) is 7.05 Å². The molecule has 0 aliphatic rings. The van der Waals surface area contributed by atoms with Crippen molar-refractivity contribution >= 4 is 17.0 Å². The SMILES string of the molecule is CN=C(NCCCn1c(C)nc2ccccc21)NCc1ccccc1OCCN(C)C. The van der Waals surface area contributed by atoms with E-state index in [-0.39, 0.29) is 0 Å². The number of aromatic nitrogens is 2. The molecule has 0 atom stereocenters. The maximum absolute atomic E-state index is 5.95. The van der Waals surface area contributed by atoms with Crippen molar-refractivity contribution in [2.24, 2.45) is 4.99 Å². The Kier molecular flexibility index (Phi) is 8.29. The lowest BCUT2D eigenvalue weighted by molar-refractivity contribution is 0.259. The molecule has 0 saturated heterocycles. The molecular weight excluding hydrogens is 388 g/mol. The van der Waals surface area contributed by atoms with Crippen molar-refractivity contribution in [1.82, 2.24) is 25.1 Å². The van der Waals surface area contributed by atoms with Gasteiger partial charge in [0.2, 0.25) is 0 Å². The van der Waals surface area contributed by atoms with Gasteiger partial charge in [-0.25, -0.2) is 4.98 Å². The molecule has 0 unspecified atom stereocenters. The molecule has 3 aromatic rings. The number of benzene rings is 2. The number of nitrogens with one attached hydrogen (secondary N) is 2. The van der Waals surface area contributed by atoms with E-state index in [0.29, 0.717) is 13.2 Å². The van der Waals surface area contributed by atoms with Crippen molar-refractivity contribution in [3.63, 3.8) is 0 Å². The first kappa shape index (κ1) is 22.6. The van der Waals surface area contributed by atoms with Crippen molar-refractivity contribution < 1.29 is 4.74 Å². The minimum atomic E-state index is 0.656. The number of para-hydroxylation sites is 3. The van der Waals surface area contributed by atoms with Crippen LogP contribution in [0.5, 0.6) is 5.75 Å². The molecule has 31 heavy (non-hydrogen) atoms. The molecule has 2 aromatic carbocycles. The topological polar surface area (TPSA) is 66.7 Å². The summed E-state index contributed by atoms with van der Waals surface area (Å²) in [5, 5.41) is 6.79. The Hall–Kier alpha value is -3.06. The first-order valence-electron chi connectivity index (χ1n) is 10.8. The van der Waals surface area contributed by atoms with Crippen LogP contribution < -0.4 is 15.4 Å². The maximum Gasteiger partial charge on any atom is 0.191 e. The predicted molar refractivity (Wildman–Crippen MR) is 128 cm³/mol. The van der Waals surface area contributed by atoms with E-state index in [9.17, 15) is 0 Å². The first-order valence-corrected chi connectivity index (χ1v) is 10.8. The molecule has 0 saturated carbocycles. The number of hydrogen-bond donors (Lipinski definition) is 2. The average Bonchev–Trinajstić information content (AvgIpc) is 3.09. The van der Waals surface area contributed by atoms with Crippen molar-refractivity contribution in [3.05, 3.63) is 59.9 Å². The van der Waals surface area contributed by atoms with Crippen LogP contribution in [0.15, 0.2) is 53.5 Å². The third-order valence-electron chi connectivity index (χ3n) is 5.13. The van der Waals surface area contributed by atoms with Crippen LogP contribution in [-0.2, 0) is 13.1 Å². The Bertz CT molecular complexity index is 995. The molecule has 0 radical (unpaired) electrons. The molecule has 166 valence electrons. The highest BCUT2D eigenvalue weighted by Gasteiger charge is 2.07. The van der Waals surface area contributed by atoms with Crippen LogP contribution in [0.3, 0.4) is 0 Å². The summed E-state index contributed by atoms with van der Waals surface area (Å²) in [6.45, 7) is 6.01. The summed E-state index contributed by atoms with van der Waals surface area (Å²) < 4.78 is 8.22. The highest BCUT2D eigenvalue weighted by molar-refractivity contribution is 5.79. The number of likely N-dealkylation sites (N-methyl/N-ethyl adjacent to an activating group) is 1. The number of imidazole rings is 1. The number of rotatable bonds is 10. The number of guanidine groups is 1. The fourth-order valence-electron chi connectivity index (χ4n) is 3.45. The zero-order valence-corrected chi connectivity index (χ0v) is 19.1. The molecule has 2 N–H and O–H groups in total. The van der Waals surface area contributed by atoms with Gasteiger partial charge in [0.05, 0.1) is 11.0 Å². The standard InChI is InChI=1S/C24H34N6O/c1-19-28-21-11-6-7-12-22(21)30(19)15-9-14-26-24(25-2)27-18-20-10-5-8-13-23(20)31-17-16-29(3)4/h5-8,10-13H,9,14-18H2,1-4H3,(H2,25,26,27). The fraction of sp³-hybridized carbons (Fsp3) is 0.417. The number of ether oxygens (including phenoxy) is 1. The lowest BCUT2D eigenvalue weighted by Gasteiger charge is -2.16. The highest BCUT2D eigenvalue weighted by atomic mass is 16.5. The van der Waals surface area contributed by atoms with Gasteiger partial charge in [-0.1, -0.05) is 30.3 Å². The molecular formula is C24H34N6O. The number of hydrogen-bond acceptors (Lipinski definition) is 4. The zero-order valence-electron chi connectivity index (χ0n) is 19.1. The van der Waals surface area contributed by atoms with E-state index in [1.807, 2.05) is 38.4 Å². The molecule has 0 aliphatic heterocycles. The van der Waals surface area contributed by atoms with Gasteiger partial charge in [-0.3, -0.25) is 4.99 Å². The third-order valence-corrected chi connectivity index (χ3v) is 5.13. The summed E-state index contributed by atoms with van der Waals surface area (Å²) in [7, 11) is 5.88. The van der Waals surface area contributed by atoms with Crippen LogP contribution in [0, 0.1) is 6.92 Å². The van der Waals surface area contributed by atoms with E-state index < -0.39 is 0 Å². The first-order chi connectivity index (χ1) is 15.1. The van der Waals surface area contributed by atoms with Crippen molar-refractivity contribution in [1.29, 1.82) is 0 Å². The maximum atomic E-state index is 5.95. The quantitative estimate of drug-likeness (QED) is 0.299. The van der Waals surface area contributed by atoms with Gasteiger partial charge in [0.1, 0.15) is 18.2 Å². The van der Waals surface area contributed by atoms with Gasteiger partial charge >= 0.3 is 0 Å². The Morgan fingerprint density at radius 2 is 1.87 bits per heavy atom. The second-order valence-corrected chi connectivity index (χ2v) is 7.76. The molecule has 1 aromatic heterocycles. The summed E-state index contributed by atoms with van der Waals surface area (Å²) in [4.78, 5) is 11.1. The number of aliphatic imine (C=N–C) groups is 1. The predicted octanol–water partition coefficient (Wildman–Crippen LogP) is 3.04. The Balaban J connectivity index is 1.46. The zero-order chi connectivity index (χ0) is 22.1. The summed E-state index contributed by atoms with van der Waals surface area (Å²) in [6, 6.07) is 16.4. The van der Waals surface area contributed by atoms with Crippen LogP contribution in [0.1, 0.15) is 17.8 Å². The Morgan fingerprint density at radius 3 is 2.68 bits per heavy atom. The molecule has 7 heteroatoms. The number of fused-ring (bicyclic) bond motifs is 1. The molecule has 0 spiro atoms. The number of nitrogens with zero attached hydrogens (tertiary/aromatic N) is 4. The van der Waals surface area contributed by atoms with Crippen LogP contribution in [-0.4, -0.2) is 61.2 Å². The largest absolute Gasteiger partial charge is 0.492 e.